The van der Waals surface area contributed by atoms with Gasteiger partial charge in [0.25, 0.3) is 0 Å². The minimum atomic E-state index is -3.79. The molecule has 0 bridgehead atoms. The molecule has 1 aromatic rings. The van der Waals surface area contributed by atoms with Crippen LogP contribution < -0.4 is 4.72 Å². The monoisotopic (exact) mass is 273 g/mol. The van der Waals surface area contributed by atoms with Crippen LogP contribution in [0.15, 0.2) is 23.1 Å². The van der Waals surface area contributed by atoms with E-state index in [0.29, 0.717) is 18.0 Å². The van der Waals surface area contributed by atoms with Crippen molar-refractivity contribution < 1.29 is 17.9 Å². The van der Waals surface area contributed by atoms with Crippen LogP contribution in [0.2, 0.25) is 0 Å². The molecule has 2 N–H and O–H groups in total. The van der Waals surface area contributed by atoms with Crippen LogP contribution >= 0.6 is 0 Å². The van der Waals surface area contributed by atoms with E-state index in [1.807, 2.05) is 0 Å². The second-order valence-corrected chi connectivity index (χ2v) is 6.29. The smallest absolute Gasteiger partial charge is 0.243 e. The molecule has 0 heterocycles. The van der Waals surface area contributed by atoms with Crippen molar-refractivity contribution in [1.82, 2.24) is 4.72 Å². The fourth-order valence-corrected chi connectivity index (χ4v) is 2.85. The SMILES string of the molecule is O=S(=O)(NCCC1CC1)c1ccc(CO)cc1F. The van der Waals surface area contributed by atoms with Crippen molar-refractivity contribution in [2.45, 2.75) is 30.8 Å². The standard InChI is InChI=1S/C12H16FNO3S/c13-11-7-10(8-15)3-4-12(11)18(16,17)14-6-5-9-1-2-9/h3-4,7,9,14-15H,1-2,5-6,8H2. The van der Waals surface area contributed by atoms with E-state index >= 15 is 0 Å². The topological polar surface area (TPSA) is 66.4 Å². The maximum atomic E-state index is 13.6. The lowest BCUT2D eigenvalue weighted by Gasteiger charge is -2.08. The first-order valence-electron chi connectivity index (χ1n) is 5.92. The van der Waals surface area contributed by atoms with Gasteiger partial charge in [-0.1, -0.05) is 18.9 Å². The molecule has 0 aliphatic heterocycles. The molecule has 1 aliphatic carbocycles. The van der Waals surface area contributed by atoms with E-state index in [-0.39, 0.29) is 11.5 Å². The largest absolute Gasteiger partial charge is 0.392 e. The highest BCUT2D eigenvalue weighted by atomic mass is 32.2. The molecule has 2 rings (SSSR count). The molecule has 0 spiro atoms. The van der Waals surface area contributed by atoms with E-state index in [9.17, 15) is 12.8 Å². The van der Waals surface area contributed by atoms with Crippen LogP contribution in [0.3, 0.4) is 0 Å². The van der Waals surface area contributed by atoms with E-state index in [0.717, 1.165) is 25.3 Å². The molecule has 0 saturated heterocycles. The summed E-state index contributed by atoms with van der Waals surface area (Å²) in [7, 11) is -3.79. The normalized spacial score (nSPS) is 15.9. The van der Waals surface area contributed by atoms with Gasteiger partial charge in [0.2, 0.25) is 10.0 Å². The van der Waals surface area contributed by atoms with Gasteiger partial charge in [0.05, 0.1) is 6.61 Å². The van der Waals surface area contributed by atoms with Crippen LogP contribution in [0.25, 0.3) is 0 Å². The molecule has 1 aliphatic rings. The third kappa shape index (κ3) is 3.28. The van der Waals surface area contributed by atoms with Gasteiger partial charge in [-0.2, -0.15) is 0 Å². The second kappa shape index (κ2) is 5.34. The Bertz CT molecular complexity index is 526. The summed E-state index contributed by atoms with van der Waals surface area (Å²) in [5.41, 5.74) is 0.351. The zero-order valence-electron chi connectivity index (χ0n) is 9.89. The van der Waals surface area contributed by atoms with E-state index in [2.05, 4.69) is 4.72 Å². The van der Waals surface area contributed by atoms with Gasteiger partial charge in [0, 0.05) is 6.54 Å². The third-order valence-electron chi connectivity index (χ3n) is 3.01. The Labute approximate surface area is 106 Å². The first-order valence-corrected chi connectivity index (χ1v) is 7.40. The van der Waals surface area contributed by atoms with E-state index in [4.69, 9.17) is 5.11 Å². The Kier molecular flexibility index (Phi) is 3.99. The number of hydrogen-bond donors (Lipinski definition) is 2. The lowest BCUT2D eigenvalue weighted by molar-refractivity contribution is 0.281. The highest BCUT2D eigenvalue weighted by molar-refractivity contribution is 7.89. The zero-order valence-corrected chi connectivity index (χ0v) is 10.7. The van der Waals surface area contributed by atoms with Gasteiger partial charge in [0.15, 0.2) is 0 Å². The van der Waals surface area contributed by atoms with Gasteiger partial charge in [0.1, 0.15) is 10.7 Å². The summed E-state index contributed by atoms with van der Waals surface area (Å²) in [6, 6.07) is 3.62. The molecule has 0 unspecified atom stereocenters. The molecule has 100 valence electrons. The molecule has 0 aromatic heterocycles. The molecule has 1 aromatic carbocycles. The minimum absolute atomic E-state index is 0.313. The summed E-state index contributed by atoms with van der Waals surface area (Å²) < 4.78 is 39.7. The van der Waals surface area contributed by atoms with Crippen LogP contribution in [0.4, 0.5) is 4.39 Å². The van der Waals surface area contributed by atoms with Crippen molar-refractivity contribution in [2.24, 2.45) is 5.92 Å². The van der Waals surface area contributed by atoms with Gasteiger partial charge in [-0.05, 0) is 30.0 Å². The van der Waals surface area contributed by atoms with Crippen LogP contribution in [-0.4, -0.2) is 20.1 Å². The molecular weight excluding hydrogens is 257 g/mol. The molecule has 4 nitrogen and oxygen atoms in total. The maximum absolute atomic E-state index is 13.6. The van der Waals surface area contributed by atoms with Gasteiger partial charge >= 0.3 is 0 Å². The van der Waals surface area contributed by atoms with Crippen molar-refractivity contribution in [3.63, 3.8) is 0 Å². The fraction of sp³-hybridized carbons (Fsp3) is 0.500. The number of nitrogens with one attached hydrogen (secondary N) is 1. The van der Waals surface area contributed by atoms with E-state index in [1.165, 1.54) is 12.1 Å². The Balaban J connectivity index is 2.07. The van der Waals surface area contributed by atoms with Crippen molar-refractivity contribution in [3.8, 4) is 0 Å². The average molecular weight is 273 g/mol. The third-order valence-corrected chi connectivity index (χ3v) is 4.50. The molecule has 18 heavy (non-hydrogen) atoms. The number of aliphatic hydroxyl groups excluding tert-OH is 1. The summed E-state index contributed by atoms with van der Waals surface area (Å²) in [4.78, 5) is -0.365. The van der Waals surface area contributed by atoms with Crippen LogP contribution in [0.1, 0.15) is 24.8 Å². The average Bonchev–Trinajstić information content (AvgIpc) is 3.12. The highest BCUT2D eigenvalue weighted by Crippen LogP contribution is 2.31. The van der Waals surface area contributed by atoms with Crippen LogP contribution in [0.5, 0.6) is 0 Å². The Morgan fingerprint density at radius 2 is 2.11 bits per heavy atom. The van der Waals surface area contributed by atoms with Gasteiger partial charge in [-0.15, -0.1) is 0 Å². The van der Waals surface area contributed by atoms with Crippen molar-refractivity contribution in [3.05, 3.63) is 29.6 Å². The summed E-state index contributed by atoms with van der Waals surface area (Å²) in [5.74, 6) is -0.213. The number of aliphatic hydroxyl groups is 1. The van der Waals surface area contributed by atoms with Crippen molar-refractivity contribution >= 4 is 10.0 Å². The van der Waals surface area contributed by atoms with Crippen LogP contribution in [0, 0.1) is 11.7 Å². The molecule has 6 heteroatoms. The summed E-state index contributed by atoms with van der Waals surface area (Å²) in [6.45, 7) is 0.0283. The lowest BCUT2D eigenvalue weighted by atomic mass is 10.2. The summed E-state index contributed by atoms with van der Waals surface area (Å²) >= 11 is 0. The molecule has 0 radical (unpaired) electrons. The zero-order chi connectivity index (χ0) is 13.2. The van der Waals surface area contributed by atoms with Crippen molar-refractivity contribution in [1.29, 1.82) is 0 Å². The predicted octanol–water partition coefficient (Wildman–Crippen LogP) is 1.40. The summed E-state index contributed by atoms with van der Waals surface area (Å²) in [5, 5.41) is 8.83. The predicted molar refractivity (Wildman–Crippen MR) is 64.9 cm³/mol. The number of hydrogen-bond acceptors (Lipinski definition) is 3. The van der Waals surface area contributed by atoms with Gasteiger partial charge in [-0.25, -0.2) is 17.5 Å². The highest BCUT2D eigenvalue weighted by Gasteiger charge is 2.23. The van der Waals surface area contributed by atoms with E-state index in [1.54, 1.807) is 0 Å². The minimum Gasteiger partial charge on any atom is -0.392 e. The molecular formula is C12H16FNO3S. The molecule has 1 fully saturated rings. The van der Waals surface area contributed by atoms with Crippen LogP contribution in [-0.2, 0) is 16.6 Å². The fourth-order valence-electron chi connectivity index (χ4n) is 1.74. The first kappa shape index (κ1) is 13.5. The Hall–Kier alpha value is -0.980. The number of benzene rings is 1. The Morgan fingerprint density at radius 1 is 1.39 bits per heavy atom. The molecule has 0 atom stereocenters. The van der Waals surface area contributed by atoms with E-state index < -0.39 is 15.8 Å². The first-order chi connectivity index (χ1) is 8.53. The van der Waals surface area contributed by atoms with Gasteiger partial charge < -0.3 is 5.11 Å². The molecule has 1 saturated carbocycles. The second-order valence-electron chi connectivity index (χ2n) is 4.55. The Morgan fingerprint density at radius 3 is 2.67 bits per heavy atom. The maximum Gasteiger partial charge on any atom is 0.243 e. The number of rotatable bonds is 6. The van der Waals surface area contributed by atoms with Crippen molar-refractivity contribution in [2.75, 3.05) is 6.54 Å². The molecule has 0 amide bonds. The van der Waals surface area contributed by atoms with Gasteiger partial charge in [-0.3, -0.25) is 0 Å². The quantitative estimate of drug-likeness (QED) is 0.823. The number of sulfonamides is 1. The summed E-state index contributed by atoms with van der Waals surface area (Å²) in [6.07, 6.45) is 3.11. The number of halogens is 1. The lowest BCUT2D eigenvalue weighted by Crippen LogP contribution is -2.26.